The molecule has 0 aliphatic rings. The third kappa shape index (κ3) is 3.22. The zero-order chi connectivity index (χ0) is 15.5. The normalized spacial score (nSPS) is 10.7. The molecule has 0 N–H and O–H groups in total. The molecule has 0 amide bonds. The van der Waals surface area contributed by atoms with E-state index in [4.69, 9.17) is 0 Å². The van der Waals surface area contributed by atoms with Crippen LogP contribution in [0.2, 0.25) is 0 Å². The molecule has 2 heteroatoms. The molecule has 2 aromatic carbocycles. The number of nitrogens with zero attached hydrogens (tertiary/aromatic N) is 2. The molecule has 2 nitrogen and oxygen atoms in total. The molecule has 0 aliphatic heterocycles. The van der Waals surface area contributed by atoms with Gasteiger partial charge in [0.25, 0.3) is 0 Å². The summed E-state index contributed by atoms with van der Waals surface area (Å²) in [5.41, 5.74) is 8.08. The zero-order valence-electron chi connectivity index (χ0n) is 13.3. The highest BCUT2D eigenvalue weighted by atomic mass is 14.8. The Morgan fingerprint density at radius 2 is 1.59 bits per heavy atom. The molecule has 1 aromatic heterocycles. The second-order valence-corrected chi connectivity index (χ2v) is 5.79. The quantitative estimate of drug-likeness (QED) is 0.700. The van der Waals surface area contributed by atoms with E-state index in [1.165, 1.54) is 22.3 Å². The Kier molecular flexibility index (Phi) is 4.01. The Balaban J connectivity index is 1.91. The van der Waals surface area contributed by atoms with Gasteiger partial charge < -0.3 is 0 Å². The van der Waals surface area contributed by atoms with Crippen LogP contribution in [0.25, 0.3) is 11.1 Å². The van der Waals surface area contributed by atoms with E-state index in [-0.39, 0.29) is 0 Å². The van der Waals surface area contributed by atoms with Crippen molar-refractivity contribution in [2.45, 2.75) is 27.2 Å². The van der Waals surface area contributed by atoms with Crippen LogP contribution in [-0.4, -0.2) is 9.97 Å². The van der Waals surface area contributed by atoms with Crippen molar-refractivity contribution in [3.8, 4) is 11.1 Å². The topological polar surface area (TPSA) is 25.8 Å². The van der Waals surface area contributed by atoms with E-state index >= 15 is 0 Å². The van der Waals surface area contributed by atoms with E-state index in [0.717, 1.165) is 23.5 Å². The van der Waals surface area contributed by atoms with Crippen molar-refractivity contribution in [3.05, 3.63) is 82.9 Å². The minimum atomic E-state index is 0.818. The molecule has 110 valence electrons. The molecular weight excluding hydrogens is 268 g/mol. The zero-order valence-corrected chi connectivity index (χ0v) is 13.3. The van der Waals surface area contributed by atoms with Crippen LogP contribution in [0.4, 0.5) is 0 Å². The van der Waals surface area contributed by atoms with Crippen LogP contribution in [0.5, 0.6) is 0 Å². The van der Waals surface area contributed by atoms with Crippen molar-refractivity contribution in [2.24, 2.45) is 0 Å². The third-order valence-electron chi connectivity index (χ3n) is 3.82. The van der Waals surface area contributed by atoms with Crippen LogP contribution in [-0.2, 0) is 6.42 Å². The largest absolute Gasteiger partial charge is 0.257 e. The fraction of sp³-hybridized carbons (Fsp3) is 0.200. The summed E-state index contributed by atoms with van der Waals surface area (Å²) in [5.74, 6) is 0. The lowest BCUT2D eigenvalue weighted by Crippen LogP contribution is -2.00. The minimum Gasteiger partial charge on any atom is -0.257 e. The average molecular weight is 288 g/mol. The molecule has 0 unspecified atom stereocenters. The van der Waals surface area contributed by atoms with Gasteiger partial charge in [-0.25, -0.2) is 0 Å². The second kappa shape index (κ2) is 6.10. The van der Waals surface area contributed by atoms with Gasteiger partial charge in [-0.3, -0.25) is 9.97 Å². The maximum atomic E-state index is 4.53. The number of hydrogen-bond donors (Lipinski definition) is 0. The van der Waals surface area contributed by atoms with E-state index in [0.29, 0.717) is 0 Å². The third-order valence-corrected chi connectivity index (χ3v) is 3.82. The molecule has 0 saturated carbocycles. The van der Waals surface area contributed by atoms with Crippen molar-refractivity contribution >= 4 is 0 Å². The van der Waals surface area contributed by atoms with Crippen molar-refractivity contribution in [1.82, 2.24) is 9.97 Å². The van der Waals surface area contributed by atoms with Crippen molar-refractivity contribution in [2.75, 3.05) is 0 Å². The predicted octanol–water partition coefficient (Wildman–Crippen LogP) is 4.66. The summed E-state index contributed by atoms with van der Waals surface area (Å²) >= 11 is 0. The molecule has 0 radical (unpaired) electrons. The Bertz CT molecular complexity index is 806. The van der Waals surface area contributed by atoms with E-state index in [9.17, 15) is 0 Å². The summed E-state index contributed by atoms with van der Waals surface area (Å²) in [7, 11) is 0. The molecule has 0 spiro atoms. The summed E-state index contributed by atoms with van der Waals surface area (Å²) < 4.78 is 0. The molecular formula is C20H20N2. The van der Waals surface area contributed by atoms with Crippen LogP contribution in [0, 0.1) is 20.8 Å². The summed E-state index contributed by atoms with van der Waals surface area (Å²) in [6.07, 6.45) is 2.66. The SMILES string of the molecule is Cc1cccc(-c2cccc(Cc3ncc(C)nc3C)c2)c1. The lowest BCUT2D eigenvalue weighted by atomic mass is 9.99. The van der Waals surface area contributed by atoms with Gasteiger partial charge in [-0.1, -0.05) is 54.1 Å². The Morgan fingerprint density at radius 1 is 0.864 bits per heavy atom. The van der Waals surface area contributed by atoms with Crippen LogP contribution in [0.15, 0.2) is 54.7 Å². The highest BCUT2D eigenvalue weighted by molar-refractivity contribution is 5.65. The Labute approximate surface area is 131 Å². The van der Waals surface area contributed by atoms with E-state index in [2.05, 4.69) is 65.4 Å². The fourth-order valence-electron chi connectivity index (χ4n) is 2.68. The summed E-state index contributed by atoms with van der Waals surface area (Å²) in [4.78, 5) is 9.03. The molecule has 0 aliphatic carbocycles. The highest BCUT2D eigenvalue weighted by Gasteiger charge is 2.05. The first-order chi connectivity index (χ1) is 10.6. The molecule has 0 saturated heterocycles. The molecule has 0 atom stereocenters. The van der Waals surface area contributed by atoms with Gasteiger partial charge >= 0.3 is 0 Å². The highest BCUT2D eigenvalue weighted by Crippen LogP contribution is 2.22. The second-order valence-electron chi connectivity index (χ2n) is 5.79. The van der Waals surface area contributed by atoms with Crippen LogP contribution in [0.1, 0.15) is 28.2 Å². The average Bonchev–Trinajstić information content (AvgIpc) is 2.50. The predicted molar refractivity (Wildman–Crippen MR) is 90.9 cm³/mol. The van der Waals surface area contributed by atoms with Gasteiger partial charge in [-0.15, -0.1) is 0 Å². The summed E-state index contributed by atoms with van der Waals surface area (Å²) in [6.45, 7) is 6.13. The van der Waals surface area contributed by atoms with Gasteiger partial charge in [0.1, 0.15) is 0 Å². The number of benzene rings is 2. The van der Waals surface area contributed by atoms with Crippen molar-refractivity contribution < 1.29 is 0 Å². The Morgan fingerprint density at radius 3 is 2.32 bits per heavy atom. The fourth-order valence-corrected chi connectivity index (χ4v) is 2.68. The van der Waals surface area contributed by atoms with E-state index in [1.807, 2.05) is 20.0 Å². The number of aromatic nitrogens is 2. The molecule has 22 heavy (non-hydrogen) atoms. The number of aryl methyl sites for hydroxylation is 3. The smallest absolute Gasteiger partial charge is 0.0659 e. The summed E-state index contributed by atoms with van der Waals surface area (Å²) in [5, 5.41) is 0. The van der Waals surface area contributed by atoms with E-state index < -0.39 is 0 Å². The van der Waals surface area contributed by atoms with Gasteiger partial charge in [-0.05, 0) is 37.5 Å². The number of hydrogen-bond acceptors (Lipinski definition) is 2. The van der Waals surface area contributed by atoms with Crippen LogP contribution >= 0.6 is 0 Å². The van der Waals surface area contributed by atoms with Crippen LogP contribution in [0.3, 0.4) is 0 Å². The standard InChI is InChI=1S/C20H20N2/c1-14-6-4-8-18(10-14)19-9-5-7-17(11-19)12-20-16(3)22-15(2)13-21-20/h4-11,13H,12H2,1-3H3. The monoisotopic (exact) mass is 288 g/mol. The first-order valence-corrected chi connectivity index (χ1v) is 7.57. The van der Waals surface area contributed by atoms with E-state index in [1.54, 1.807) is 0 Å². The molecule has 3 aromatic rings. The number of rotatable bonds is 3. The minimum absolute atomic E-state index is 0.818. The van der Waals surface area contributed by atoms with Gasteiger partial charge in [-0.2, -0.15) is 0 Å². The first-order valence-electron chi connectivity index (χ1n) is 7.57. The molecule has 0 bridgehead atoms. The van der Waals surface area contributed by atoms with Gasteiger partial charge in [0, 0.05) is 12.6 Å². The molecule has 0 fully saturated rings. The van der Waals surface area contributed by atoms with Gasteiger partial charge in [0.05, 0.1) is 17.1 Å². The van der Waals surface area contributed by atoms with Crippen molar-refractivity contribution in [1.29, 1.82) is 0 Å². The molecule has 1 heterocycles. The van der Waals surface area contributed by atoms with Gasteiger partial charge in [0.15, 0.2) is 0 Å². The lowest BCUT2D eigenvalue weighted by molar-refractivity contribution is 0.954. The lowest BCUT2D eigenvalue weighted by Gasteiger charge is -2.08. The maximum Gasteiger partial charge on any atom is 0.0659 e. The van der Waals surface area contributed by atoms with Crippen LogP contribution < -0.4 is 0 Å². The Hall–Kier alpha value is -2.48. The maximum absolute atomic E-state index is 4.53. The summed E-state index contributed by atoms with van der Waals surface area (Å²) in [6, 6.07) is 17.3. The first kappa shape index (κ1) is 14.5. The van der Waals surface area contributed by atoms with Gasteiger partial charge in [0.2, 0.25) is 0 Å². The van der Waals surface area contributed by atoms with Crippen molar-refractivity contribution in [3.63, 3.8) is 0 Å². The molecule has 3 rings (SSSR count).